The number of halogens is 1. The molecule has 0 saturated heterocycles. The van der Waals surface area contributed by atoms with Crippen molar-refractivity contribution in [3.8, 4) is 11.8 Å². The molecule has 0 bridgehead atoms. The fourth-order valence-electron chi connectivity index (χ4n) is 1.44. The van der Waals surface area contributed by atoms with E-state index in [0.717, 1.165) is 25.1 Å². The van der Waals surface area contributed by atoms with Crippen LogP contribution in [-0.2, 0) is 0 Å². The SMILES string of the molecule is ClCCCCC#C[C@H]1C=CCCC1. The number of allylic oxidation sites excluding steroid dienone is 2. The summed E-state index contributed by atoms with van der Waals surface area (Å²) in [5.74, 6) is 7.83. The van der Waals surface area contributed by atoms with Crippen LogP contribution in [0.5, 0.6) is 0 Å². The van der Waals surface area contributed by atoms with E-state index in [1.165, 1.54) is 19.3 Å². The van der Waals surface area contributed by atoms with E-state index < -0.39 is 0 Å². The van der Waals surface area contributed by atoms with Gasteiger partial charge in [-0.05, 0) is 32.1 Å². The van der Waals surface area contributed by atoms with E-state index in [1.807, 2.05) is 0 Å². The fourth-order valence-corrected chi connectivity index (χ4v) is 1.63. The van der Waals surface area contributed by atoms with Gasteiger partial charge in [0.2, 0.25) is 0 Å². The summed E-state index contributed by atoms with van der Waals surface area (Å²) in [6, 6.07) is 0. The highest BCUT2D eigenvalue weighted by Gasteiger charge is 2.02. The van der Waals surface area contributed by atoms with Gasteiger partial charge in [-0.1, -0.05) is 18.1 Å². The molecule has 0 aromatic heterocycles. The third kappa shape index (κ3) is 5.01. The lowest BCUT2D eigenvalue weighted by molar-refractivity contribution is 0.644. The molecule has 1 aliphatic rings. The molecule has 0 heterocycles. The zero-order valence-electron chi connectivity index (χ0n) is 8.06. The number of hydrogen-bond donors (Lipinski definition) is 0. The van der Waals surface area contributed by atoms with Gasteiger partial charge in [-0.25, -0.2) is 0 Å². The summed E-state index contributed by atoms with van der Waals surface area (Å²) in [6.45, 7) is 0. The van der Waals surface area contributed by atoms with Gasteiger partial charge in [-0.2, -0.15) is 0 Å². The van der Waals surface area contributed by atoms with Gasteiger partial charge in [-0.15, -0.1) is 17.5 Å². The van der Waals surface area contributed by atoms with Gasteiger partial charge >= 0.3 is 0 Å². The summed E-state index contributed by atoms with van der Waals surface area (Å²) in [7, 11) is 0. The zero-order valence-corrected chi connectivity index (χ0v) is 8.82. The minimum atomic E-state index is 0.532. The van der Waals surface area contributed by atoms with Crippen molar-refractivity contribution in [2.24, 2.45) is 5.92 Å². The van der Waals surface area contributed by atoms with Crippen LogP contribution in [0.15, 0.2) is 12.2 Å². The molecule has 0 fully saturated rings. The highest BCUT2D eigenvalue weighted by atomic mass is 35.5. The third-order valence-electron chi connectivity index (χ3n) is 2.23. The second-order valence-electron chi connectivity index (χ2n) is 3.43. The van der Waals surface area contributed by atoms with Crippen molar-refractivity contribution >= 4 is 11.6 Å². The smallest absolute Gasteiger partial charge is 0.0382 e. The molecule has 1 heteroatoms. The monoisotopic (exact) mass is 196 g/mol. The van der Waals surface area contributed by atoms with Gasteiger partial charge in [0.1, 0.15) is 0 Å². The number of alkyl halides is 1. The lowest BCUT2D eigenvalue weighted by Crippen LogP contribution is -1.96. The molecule has 0 aromatic carbocycles. The van der Waals surface area contributed by atoms with Crippen LogP contribution >= 0.6 is 11.6 Å². The van der Waals surface area contributed by atoms with Crippen molar-refractivity contribution in [1.29, 1.82) is 0 Å². The molecule has 1 atom stereocenters. The van der Waals surface area contributed by atoms with Crippen LogP contribution in [0, 0.1) is 17.8 Å². The molecule has 0 radical (unpaired) electrons. The van der Waals surface area contributed by atoms with E-state index in [9.17, 15) is 0 Å². The van der Waals surface area contributed by atoms with Crippen LogP contribution in [0.25, 0.3) is 0 Å². The first-order chi connectivity index (χ1) is 6.43. The molecule has 1 aliphatic carbocycles. The Balaban J connectivity index is 2.14. The maximum Gasteiger partial charge on any atom is 0.0382 e. The quantitative estimate of drug-likeness (QED) is 0.279. The summed E-state index contributed by atoms with van der Waals surface area (Å²) in [4.78, 5) is 0. The molecule has 1 rings (SSSR count). The van der Waals surface area contributed by atoms with Gasteiger partial charge < -0.3 is 0 Å². The Bertz CT molecular complexity index is 207. The Morgan fingerprint density at radius 1 is 1.38 bits per heavy atom. The predicted molar refractivity (Wildman–Crippen MR) is 58.8 cm³/mol. The maximum atomic E-state index is 5.57. The first-order valence-corrected chi connectivity index (χ1v) is 5.68. The van der Waals surface area contributed by atoms with Crippen LogP contribution in [0.1, 0.15) is 38.5 Å². The number of unbranched alkanes of at least 4 members (excludes halogenated alkanes) is 2. The highest BCUT2D eigenvalue weighted by Crippen LogP contribution is 2.15. The number of hydrogen-bond acceptors (Lipinski definition) is 0. The van der Waals surface area contributed by atoms with E-state index in [1.54, 1.807) is 0 Å². The maximum absolute atomic E-state index is 5.57. The van der Waals surface area contributed by atoms with Crippen LogP contribution in [0.2, 0.25) is 0 Å². The molecule has 0 amide bonds. The summed E-state index contributed by atoms with van der Waals surface area (Å²) < 4.78 is 0. The second kappa shape index (κ2) is 7.04. The van der Waals surface area contributed by atoms with Crippen molar-refractivity contribution in [1.82, 2.24) is 0 Å². The Labute approximate surface area is 86.4 Å². The van der Waals surface area contributed by atoms with E-state index in [4.69, 9.17) is 11.6 Å². The van der Waals surface area contributed by atoms with Gasteiger partial charge in [0.15, 0.2) is 0 Å². The molecule has 0 aromatic rings. The van der Waals surface area contributed by atoms with Gasteiger partial charge in [-0.3, -0.25) is 0 Å². The fraction of sp³-hybridized carbons (Fsp3) is 0.667. The van der Waals surface area contributed by atoms with E-state index >= 15 is 0 Å². The molecule has 13 heavy (non-hydrogen) atoms. The van der Waals surface area contributed by atoms with Crippen molar-refractivity contribution in [3.05, 3.63) is 12.2 Å². The normalized spacial score (nSPS) is 20.8. The van der Waals surface area contributed by atoms with Gasteiger partial charge in [0.25, 0.3) is 0 Å². The topological polar surface area (TPSA) is 0 Å². The summed E-state index contributed by atoms with van der Waals surface area (Å²) in [5, 5.41) is 0. The van der Waals surface area contributed by atoms with Crippen LogP contribution in [-0.4, -0.2) is 5.88 Å². The summed E-state index contributed by atoms with van der Waals surface area (Å²) in [5.41, 5.74) is 0. The van der Waals surface area contributed by atoms with Gasteiger partial charge in [0.05, 0.1) is 0 Å². The lowest BCUT2D eigenvalue weighted by Gasteiger charge is -2.08. The Hall–Kier alpha value is -0.410. The van der Waals surface area contributed by atoms with Crippen molar-refractivity contribution < 1.29 is 0 Å². The average molecular weight is 197 g/mol. The Morgan fingerprint density at radius 3 is 3.00 bits per heavy atom. The Kier molecular flexibility index (Phi) is 5.78. The van der Waals surface area contributed by atoms with Crippen LogP contribution < -0.4 is 0 Å². The van der Waals surface area contributed by atoms with Crippen molar-refractivity contribution in [3.63, 3.8) is 0 Å². The minimum absolute atomic E-state index is 0.532. The van der Waals surface area contributed by atoms with Crippen molar-refractivity contribution in [2.75, 3.05) is 5.88 Å². The van der Waals surface area contributed by atoms with Crippen LogP contribution in [0.4, 0.5) is 0 Å². The molecule has 0 aliphatic heterocycles. The van der Waals surface area contributed by atoms with E-state index in [-0.39, 0.29) is 0 Å². The number of rotatable bonds is 3. The molecule has 0 spiro atoms. The van der Waals surface area contributed by atoms with E-state index in [0.29, 0.717) is 5.92 Å². The van der Waals surface area contributed by atoms with Gasteiger partial charge in [0, 0.05) is 18.2 Å². The molecular formula is C12H17Cl. The first-order valence-electron chi connectivity index (χ1n) is 5.14. The second-order valence-corrected chi connectivity index (χ2v) is 3.81. The average Bonchev–Trinajstić information content (AvgIpc) is 2.19. The third-order valence-corrected chi connectivity index (χ3v) is 2.49. The standard InChI is InChI=1S/C12H17Cl/c13-11-7-2-1-4-8-12-9-5-3-6-10-12/h5,9,12H,1-3,6-7,10-11H2/t12-/m0/s1. The summed E-state index contributed by atoms with van der Waals surface area (Å²) in [6.07, 6.45) is 11.5. The lowest BCUT2D eigenvalue weighted by atomic mass is 9.96. The molecule has 0 nitrogen and oxygen atoms in total. The predicted octanol–water partition coefficient (Wildman–Crippen LogP) is 3.76. The molecule has 0 N–H and O–H groups in total. The molecule has 0 saturated carbocycles. The minimum Gasteiger partial charge on any atom is -0.127 e. The molecule has 72 valence electrons. The van der Waals surface area contributed by atoms with E-state index in [2.05, 4.69) is 24.0 Å². The first kappa shape index (κ1) is 10.7. The molecule has 0 unspecified atom stereocenters. The van der Waals surface area contributed by atoms with Crippen LogP contribution in [0.3, 0.4) is 0 Å². The largest absolute Gasteiger partial charge is 0.127 e. The molecular weight excluding hydrogens is 180 g/mol. The van der Waals surface area contributed by atoms with Crippen molar-refractivity contribution in [2.45, 2.75) is 38.5 Å². The Morgan fingerprint density at radius 2 is 2.31 bits per heavy atom. The highest BCUT2D eigenvalue weighted by molar-refractivity contribution is 6.17. The zero-order chi connectivity index (χ0) is 9.36. The summed E-state index contributed by atoms with van der Waals surface area (Å²) >= 11 is 5.57.